The lowest BCUT2D eigenvalue weighted by Crippen LogP contribution is -2.34. The van der Waals surface area contributed by atoms with E-state index in [0.717, 1.165) is 18.5 Å². The smallest absolute Gasteiger partial charge is 0.116 e. The van der Waals surface area contributed by atoms with Crippen LogP contribution in [0, 0.1) is 0 Å². The molecule has 0 aliphatic carbocycles. The van der Waals surface area contributed by atoms with Gasteiger partial charge >= 0.3 is 0 Å². The quantitative estimate of drug-likeness (QED) is 0.447. The largest absolute Gasteiger partial charge is 0.295 e. The van der Waals surface area contributed by atoms with Crippen molar-refractivity contribution in [2.24, 2.45) is 0 Å². The number of unbranched alkanes of at least 4 members (excludes halogenated alkanes) is 1. The minimum absolute atomic E-state index is 0.434. The van der Waals surface area contributed by atoms with E-state index in [4.69, 9.17) is 11.6 Å². The fourth-order valence-corrected chi connectivity index (χ4v) is 1.57. The van der Waals surface area contributed by atoms with Crippen molar-refractivity contribution in [3.63, 3.8) is 0 Å². The van der Waals surface area contributed by atoms with Crippen molar-refractivity contribution in [3.8, 4) is 0 Å². The van der Waals surface area contributed by atoms with E-state index in [9.17, 15) is 0 Å². The van der Waals surface area contributed by atoms with E-state index in [1.165, 1.54) is 6.42 Å². The van der Waals surface area contributed by atoms with Crippen LogP contribution in [0.25, 0.3) is 0 Å². The normalized spacial score (nSPS) is 15.1. The van der Waals surface area contributed by atoms with Crippen LogP contribution in [0.1, 0.15) is 32.3 Å². The van der Waals surface area contributed by atoms with Crippen LogP contribution < -0.4 is 5.32 Å². The van der Waals surface area contributed by atoms with Crippen LogP contribution in [0.4, 0.5) is 0 Å². The molecule has 1 aromatic carbocycles. The van der Waals surface area contributed by atoms with Gasteiger partial charge in [0.15, 0.2) is 0 Å². The Balaban J connectivity index is 2.56. The van der Waals surface area contributed by atoms with Crippen molar-refractivity contribution in [1.82, 2.24) is 5.32 Å². The van der Waals surface area contributed by atoms with Gasteiger partial charge in [0.25, 0.3) is 0 Å². The van der Waals surface area contributed by atoms with Gasteiger partial charge in [0.2, 0.25) is 0 Å². The van der Waals surface area contributed by atoms with Gasteiger partial charge in [0, 0.05) is 0 Å². The predicted molar refractivity (Wildman–Crippen MR) is 62.6 cm³/mol. The molecule has 0 saturated heterocycles. The molecule has 1 nitrogen and oxygen atoms in total. The lowest BCUT2D eigenvalue weighted by Gasteiger charge is -2.24. The summed E-state index contributed by atoms with van der Waals surface area (Å²) in [4.78, 5) is -0.434. The van der Waals surface area contributed by atoms with Crippen molar-refractivity contribution in [2.45, 2.75) is 31.7 Å². The third-order valence-corrected chi connectivity index (χ3v) is 2.66. The molecule has 0 spiro atoms. The number of rotatable bonds is 5. The zero-order valence-corrected chi connectivity index (χ0v) is 9.64. The molecule has 0 aromatic heterocycles. The zero-order valence-electron chi connectivity index (χ0n) is 8.89. The molecule has 0 radical (unpaired) electrons. The summed E-state index contributed by atoms with van der Waals surface area (Å²) in [5.74, 6) is 0. The number of halogens is 1. The first-order chi connectivity index (χ1) is 6.67. The number of nitrogens with one attached hydrogen (secondary N) is 1. The highest BCUT2D eigenvalue weighted by atomic mass is 35.5. The molecule has 0 amide bonds. The second-order valence-corrected chi connectivity index (χ2v) is 4.41. The lowest BCUT2D eigenvalue weighted by atomic mass is 10.1. The minimum Gasteiger partial charge on any atom is -0.295 e. The Labute approximate surface area is 91.5 Å². The highest BCUT2D eigenvalue weighted by Crippen LogP contribution is 2.24. The van der Waals surface area contributed by atoms with Crippen LogP contribution in [-0.4, -0.2) is 6.54 Å². The molecule has 0 bridgehead atoms. The van der Waals surface area contributed by atoms with Gasteiger partial charge in [0.05, 0.1) is 0 Å². The molecule has 0 fully saturated rings. The van der Waals surface area contributed by atoms with E-state index in [2.05, 4.69) is 12.2 Å². The SMILES string of the molecule is CCCCNC(C)(Cl)c1ccccc1. The Morgan fingerprint density at radius 2 is 1.93 bits per heavy atom. The van der Waals surface area contributed by atoms with Gasteiger partial charge in [-0.3, -0.25) is 5.32 Å². The molecule has 0 saturated carbocycles. The molecular formula is C12H18ClN. The van der Waals surface area contributed by atoms with Crippen molar-refractivity contribution in [3.05, 3.63) is 35.9 Å². The highest BCUT2D eigenvalue weighted by molar-refractivity contribution is 6.23. The molecule has 78 valence electrons. The number of benzene rings is 1. The summed E-state index contributed by atoms with van der Waals surface area (Å²) in [6.07, 6.45) is 2.35. The Hall–Kier alpha value is -0.530. The second kappa shape index (κ2) is 5.38. The van der Waals surface area contributed by atoms with E-state index in [-0.39, 0.29) is 0 Å². The maximum absolute atomic E-state index is 6.39. The molecule has 1 unspecified atom stereocenters. The van der Waals surface area contributed by atoms with E-state index >= 15 is 0 Å². The van der Waals surface area contributed by atoms with E-state index in [1.807, 2.05) is 37.3 Å². The van der Waals surface area contributed by atoms with Crippen LogP contribution in [0.15, 0.2) is 30.3 Å². The number of hydrogen-bond acceptors (Lipinski definition) is 1. The monoisotopic (exact) mass is 211 g/mol. The van der Waals surface area contributed by atoms with Crippen LogP contribution >= 0.6 is 11.6 Å². The van der Waals surface area contributed by atoms with Gasteiger partial charge in [-0.25, -0.2) is 0 Å². The zero-order chi connectivity index (χ0) is 10.4. The van der Waals surface area contributed by atoms with E-state index < -0.39 is 5.00 Å². The third kappa shape index (κ3) is 3.32. The maximum Gasteiger partial charge on any atom is 0.116 e. The Bertz CT molecular complexity index is 256. The summed E-state index contributed by atoms with van der Waals surface area (Å²) in [7, 11) is 0. The maximum atomic E-state index is 6.39. The van der Waals surface area contributed by atoms with Crippen LogP contribution in [0.2, 0.25) is 0 Å². The molecule has 1 atom stereocenters. The summed E-state index contributed by atoms with van der Waals surface area (Å²) in [6.45, 7) is 5.14. The van der Waals surface area contributed by atoms with Gasteiger partial charge in [-0.15, -0.1) is 0 Å². The van der Waals surface area contributed by atoms with E-state index in [1.54, 1.807) is 0 Å². The average Bonchev–Trinajstić information content (AvgIpc) is 2.19. The van der Waals surface area contributed by atoms with Gasteiger partial charge in [-0.1, -0.05) is 55.3 Å². The molecule has 1 rings (SSSR count). The molecule has 0 heterocycles. The summed E-state index contributed by atoms with van der Waals surface area (Å²) in [6, 6.07) is 10.1. The molecule has 0 aliphatic heterocycles. The number of hydrogen-bond donors (Lipinski definition) is 1. The van der Waals surface area contributed by atoms with Gasteiger partial charge in [-0.05, 0) is 25.5 Å². The van der Waals surface area contributed by atoms with Crippen LogP contribution in [-0.2, 0) is 5.00 Å². The Morgan fingerprint density at radius 3 is 2.50 bits per heavy atom. The lowest BCUT2D eigenvalue weighted by molar-refractivity contribution is 0.500. The van der Waals surface area contributed by atoms with Crippen molar-refractivity contribution in [1.29, 1.82) is 0 Å². The summed E-state index contributed by atoms with van der Waals surface area (Å²) in [5, 5.41) is 3.34. The molecular weight excluding hydrogens is 194 g/mol. The first kappa shape index (κ1) is 11.5. The first-order valence-electron chi connectivity index (χ1n) is 5.16. The molecule has 2 heteroatoms. The fraction of sp³-hybridized carbons (Fsp3) is 0.500. The summed E-state index contributed by atoms with van der Waals surface area (Å²) >= 11 is 6.39. The average molecular weight is 212 g/mol. The molecule has 1 N–H and O–H groups in total. The first-order valence-corrected chi connectivity index (χ1v) is 5.54. The third-order valence-electron chi connectivity index (χ3n) is 2.30. The topological polar surface area (TPSA) is 12.0 Å². The molecule has 14 heavy (non-hydrogen) atoms. The summed E-state index contributed by atoms with van der Waals surface area (Å²) < 4.78 is 0. The van der Waals surface area contributed by atoms with Crippen molar-refractivity contribution in [2.75, 3.05) is 6.54 Å². The standard InChI is InChI=1S/C12H18ClN/c1-3-4-10-14-12(2,13)11-8-6-5-7-9-11/h5-9,14H,3-4,10H2,1-2H3. The molecule has 1 aromatic rings. The van der Waals surface area contributed by atoms with E-state index in [0.29, 0.717) is 0 Å². The predicted octanol–water partition coefficient (Wildman–Crippen LogP) is 3.49. The highest BCUT2D eigenvalue weighted by Gasteiger charge is 2.21. The minimum atomic E-state index is -0.434. The number of alkyl halides is 1. The Kier molecular flexibility index (Phi) is 4.43. The van der Waals surface area contributed by atoms with Gasteiger partial charge in [-0.2, -0.15) is 0 Å². The van der Waals surface area contributed by atoms with Crippen LogP contribution in [0.5, 0.6) is 0 Å². The summed E-state index contributed by atoms with van der Waals surface area (Å²) in [5.41, 5.74) is 1.12. The van der Waals surface area contributed by atoms with Crippen molar-refractivity contribution < 1.29 is 0 Å². The second-order valence-electron chi connectivity index (χ2n) is 3.65. The molecule has 0 aliphatic rings. The Morgan fingerprint density at radius 1 is 1.29 bits per heavy atom. The van der Waals surface area contributed by atoms with Gasteiger partial charge in [0.1, 0.15) is 5.00 Å². The van der Waals surface area contributed by atoms with Gasteiger partial charge < -0.3 is 0 Å². The fourth-order valence-electron chi connectivity index (χ4n) is 1.35. The van der Waals surface area contributed by atoms with Crippen molar-refractivity contribution >= 4 is 11.6 Å². The van der Waals surface area contributed by atoms with Crippen LogP contribution in [0.3, 0.4) is 0 Å².